The molecule has 0 radical (unpaired) electrons. The molecule has 3 N–H and O–H groups in total. The first-order chi connectivity index (χ1) is 10.4. The number of amides is 1. The minimum atomic E-state index is -0.584. The van der Waals surface area contributed by atoms with Crippen LogP contribution in [0.3, 0.4) is 0 Å². The van der Waals surface area contributed by atoms with Gasteiger partial charge in [0.1, 0.15) is 10.8 Å². The molecule has 1 amide bonds. The summed E-state index contributed by atoms with van der Waals surface area (Å²) in [5.74, 6) is -0.270. The van der Waals surface area contributed by atoms with Gasteiger partial charge in [0.05, 0.1) is 0 Å². The maximum absolute atomic E-state index is 11.2. The molecule has 2 aromatic rings. The third-order valence-corrected chi connectivity index (χ3v) is 4.60. The van der Waals surface area contributed by atoms with Crippen LogP contribution < -0.4 is 5.73 Å². The molecular formula is C17H23N3O2S. The number of benzene rings is 1. The molecule has 2 rings (SSSR count). The zero-order chi connectivity index (χ0) is 17.6. The van der Waals surface area contributed by atoms with E-state index in [4.69, 9.17) is 5.73 Å². The molecule has 0 aliphatic rings. The fourth-order valence-corrected chi connectivity index (χ4v) is 3.02. The Labute approximate surface area is 140 Å². The van der Waals surface area contributed by atoms with E-state index in [1.807, 2.05) is 53.7 Å². The lowest BCUT2D eigenvalue weighted by molar-refractivity contribution is 0.0999. The van der Waals surface area contributed by atoms with E-state index in [-0.39, 0.29) is 15.8 Å². The molecule has 0 fully saturated rings. The smallest absolute Gasteiger partial charge is 0.279 e. The van der Waals surface area contributed by atoms with Gasteiger partial charge in [0.15, 0.2) is 0 Å². The highest BCUT2D eigenvalue weighted by atomic mass is 32.1. The van der Waals surface area contributed by atoms with Gasteiger partial charge in [-0.2, -0.15) is 0 Å². The van der Waals surface area contributed by atoms with Gasteiger partial charge in [-0.1, -0.05) is 52.9 Å². The molecule has 1 heterocycles. The van der Waals surface area contributed by atoms with E-state index in [2.05, 4.69) is 10.2 Å². The number of aromatic nitrogens is 2. The van der Waals surface area contributed by atoms with E-state index in [0.717, 1.165) is 28.0 Å². The van der Waals surface area contributed by atoms with Gasteiger partial charge in [0.2, 0.25) is 5.01 Å². The summed E-state index contributed by atoms with van der Waals surface area (Å²) in [5, 5.41) is 19.4. The van der Waals surface area contributed by atoms with Crippen LogP contribution >= 0.6 is 11.3 Å². The fourth-order valence-electron chi connectivity index (χ4n) is 2.34. The molecule has 6 heteroatoms. The number of carbonyl (C=O) groups excluding carboxylic acids is 1. The number of hydrogen-bond acceptors (Lipinski definition) is 5. The largest absolute Gasteiger partial charge is 0.507 e. The monoisotopic (exact) mass is 333 g/mol. The fraction of sp³-hybridized carbons (Fsp3) is 0.471. The Morgan fingerprint density at radius 1 is 1.04 bits per heavy atom. The molecule has 124 valence electrons. The van der Waals surface area contributed by atoms with Crippen LogP contribution in [0.5, 0.6) is 5.75 Å². The van der Waals surface area contributed by atoms with Crippen molar-refractivity contribution in [2.24, 2.45) is 5.73 Å². The number of nitrogens with two attached hydrogens (primary N) is 1. The third-order valence-electron chi connectivity index (χ3n) is 3.61. The molecule has 0 atom stereocenters. The SMILES string of the molecule is CC(C)(C)c1cc(-c2nnc(C(N)=O)s2)cc(C(C)(C)C)c1O. The zero-order valence-corrected chi connectivity index (χ0v) is 15.2. The number of phenolic OH excluding ortho intramolecular Hbond substituents is 1. The van der Waals surface area contributed by atoms with Gasteiger partial charge in [0.25, 0.3) is 5.91 Å². The average Bonchev–Trinajstić information content (AvgIpc) is 2.85. The predicted octanol–water partition coefficient (Wildman–Crippen LogP) is 3.60. The van der Waals surface area contributed by atoms with Crippen LogP contribution in [0.15, 0.2) is 12.1 Å². The molecule has 0 aliphatic heterocycles. The second-order valence-electron chi connectivity index (χ2n) is 7.70. The second-order valence-corrected chi connectivity index (χ2v) is 8.67. The van der Waals surface area contributed by atoms with Crippen molar-refractivity contribution in [2.75, 3.05) is 0 Å². The summed E-state index contributed by atoms with van der Waals surface area (Å²) < 4.78 is 0. The zero-order valence-electron chi connectivity index (χ0n) is 14.4. The summed E-state index contributed by atoms with van der Waals surface area (Å²) in [5.41, 5.74) is 7.33. The second kappa shape index (κ2) is 5.60. The Bertz CT molecular complexity index is 717. The highest BCUT2D eigenvalue weighted by Crippen LogP contribution is 2.42. The van der Waals surface area contributed by atoms with Gasteiger partial charge in [-0.15, -0.1) is 10.2 Å². The number of hydrogen-bond donors (Lipinski definition) is 2. The van der Waals surface area contributed by atoms with Crippen LogP contribution in [0.4, 0.5) is 0 Å². The molecule has 0 bridgehead atoms. The number of primary amides is 1. The molecule has 0 saturated carbocycles. The van der Waals surface area contributed by atoms with Crippen molar-refractivity contribution in [1.29, 1.82) is 0 Å². The predicted molar refractivity (Wildman–Crippen MR) is 92.9 cm³/mol. The Morgan fingerprint density at radius 2 is 1.52 bits per heavy atom. The van der Waals surface area contributed by atoms with Gasteiger partial charge in [-0.25, -0.2) is 0 Å². The molecule has 0 saturated heterocycles. The first kappa shape index (κ1) is 17.4. The van der Waals surface area contributed by atoms with E-state index in [9.17, 15) is 9.90 Å². The number of rotatable bonds is 2. The van der Waals surface area contributed by atoms with Gasteiger partial charge in [-0.3, -0.25) is 4.79 Å². The van der Waals surface area contributed by atoms with Gasteiger partial charge < -0.3 is 10.8 Å². The van der Waals surface area contributed by atoms with Gasteiger partial charge in [-0.05, 0) is 23.0 Å². The molecule has 0 aliphatic carbocycles. The Kier molecular flexibility index (Phi) is 4.24. The maximum Gasteiger partial charge on any atom is 0.279 e. The summed E-state index contributed by atoms with van der Waals surface area (Å²) in [6.45, 7) is 12.3. The highest BCUT2D eigenvalue weighted by molar-refractivity contribution is 7.16. The minimum absolute atomic E-state index is 0.183. The van der Waals surface area contributed by atoms with Crippen molar-refractivity contribution in [1.82, 2.24) is 10.2 Å². The van der Waals surface area contributed by atoms with Crippen LogP contribution in [0.1, 0.15) is 62.5 Å². The first-order valence-electron chi connectivity index (χ1n) is 7.43. The maximum atomic E-state index is 11.2. The molecule has 1 aromatic carbocycles. The molecule has 1 aromatic heterocycles. The van der Waals surface area contributed by atoms with Crippen LogP contribution in [0.25, 0.3) is 10.6 Å². The number of aromatic hydroxyl groups is 1. The lowest BCUT2D eigenvalue weighted by Crippen LogP contribution is -2.17. The van der Waals surface area contributed by atoms with E-state index >= 15 is 0 Å². The molecule has 5 nitrogen and oxygen atoms in total. The van der Waals surface area contributed by atoms with E-state index < -0.39 is 5.91 Å². The third kappa shape index (κ3) is 3.52. The van der Waals surface area contributed by atoms with Crippen molar-refractivity contribution in [2.45, 2.75) is 52.4 Å². The minimum Gasteiger partial charge on any atom is -0.507 e. The van der Waals surface area contributed by atoms with E-state index in [0.29, 0.717) is 10.8 Å². The number of phenols is 1. The summed E-state index contributed by atoms with van der Waals surface area (Å²) in [6.07, 6.45) is 0. The summed E-state index contributed by atoms with van der Waals surface area (Å²) in [7, 11) is 0. The van der Waals surface area contributed by atoms with Gasteiger partial charge in [0, 0.05) is 16.7 Å². The van der Waals surface area contributed by atoms with E-state index in [1.165, 1.54) is 0 Å². The summed E-state index contributed by atoms with van der Waals surface area (Å²) in [4.78, 5) is 11.2. The average molecular weight is 333 g/mol. The summed E-state index contributed by atoms with van der Waals surface area (Å²) in [6, 6.07) is 3.83. The topological polar surface area (TPSA) is 89.1 Å². The number of carbonyl (C=O) groups is 1. The van der Waals surface area contributed by atoms with Crippen LogP contribution in [0, 0.1) is 0 Å². The molecular weight excluding hydrogens is 310 g/mol. The molecule has 0 unspecified atom stereocenters. The van der Waals surface area contributed by atoms with Crippen molar-refractivity contribution >= 4 is 17.2 Å². The molecule has 23 heavy (non-hydrogen) atoms. The van der Waals surface area contributed by atoms with Crippen LogP contribution in [-0.4, -0.2) is 21.2 Å². The Morgan fingerprint density at radius 3 is 1.87 bits per heavy atom. The molecule has 0 spiro atoms. The van der Waals surface area contributed by atoms with Crippen molar-refractivity contribution in [3.05, 3.63) is 28.3 Å². The normalized spacial score (nSPS) is 12.4. The van der Waals surface area contributed by atoms with Crippen molar-refractivity contribution in [3.8, 4) is 16.3 Å². The lowest BCUT2D eigenvalue weighted by Gasteiger charge is -2.27. The van der Waals surface area contributed by atoms with Gasteiger partial charge >= 0.3 is 0 Å². The van der Waals surface area contributed by atoms with Crippen LogP contribution in [-0.2, 0) is 10.8 Å². The Hall–Kier alpha value is -1.95. The lowest BCUT2D eigenvalue weighted by atomic mass is 9.78. The Balaban J connectivity index is 2.71. The summed E-state index contributed by atoms with van der Waals surface area (Å²) >= 11 is 1.16. The van der Waals surface area contributed by atoms with Crippen molar-refractivity contribution < 1.29 is 9.90 Å². The van der Waals surface area contributed by atoms with Crippen molar-refractivity contribution in [3.63, 3.8) is 0 Å². The van der Waals surface area contributed by atoms with Crippen LogP contribution in [0.2, 0.25) is 0 Å². The first-order valence-corrected chi connectivity index (χ1v) is 8.24. The quantitative estimate of drug-likeness (QED) is 0.878. The van der Waals surface area contributed by atoms with E-state index in [1.54, 1.807) is 0 Å². The highest BCUT2D eigenvalue weighted by Gasteiger charge is 2.27. The standard InChI is InChI=1S/C17H23N3O2S/c1-16(2,3)10-7-9(8-11(12(10)21)17(4,5)6)14-19-20-15(23-14)13(18)22/h7-8,21H,1-6H3,(H2,18,22). The number of nitrogens with zero attached hydrogens (tertiary/aromatic N) is 2.